The molecule has 0 aromatic heterocycles. The minimum Gasteiger partial charge on any atom is -0.478 e. The highest BCUT2D eigenvalue weighted by molar-refractivity contribution is 5.87. The molecule has 1 aromatic rings. The lowest BCUT2D eigenvalue weighted by Gasteiger charge is -2.37. The molecule has 0 bridgehead atoms. The van der Waals surface area contributed by atoms with Gasteiger partial charge in [0.2, 0.25) is 0 Å². The van der Waals surface area contributed by atoms with Gasteiger partial charge in [0, 0.05) is 11.0 Å². The van der Waals surface area contributed by atoms with Crippen molar-refractivity contribution in [3.63, 3.8) is 0 Å². The third-order valence-corrected chi connectivity index (χ3v) is 4.42. The zero-order valence-electron chi connectivity index (χ0n) is 13.8. The number of alkyl halides is 3. The summed E-state index contributed by atoms with van der Waals surface area (Å²) in [5.74, 6) is -18.0. The van der Waals surface area contributed by atoms with E-state index in [2.05, 4.69) is 0 Å². The largest absolute Gasteiger partial charge is 0.478 e. The summed E-state index contributed by atoms with van der Waals surface area (Å²) in [6, 6.07) is 4.16. The van der Waals surface area contributed by atoms with E-state index in [1.807, 2.05) is 0 Å². The molecule has 1 aromatic carbocycles. The first-order chi connectivity index (χ1) is 12.2. The van der Waals surface area contributed by atoms with Crippen LogP contribution >= 0.6 is 0 Å². The fourth-order valence-electron chi connectivity index (χ4n) is 2.75. The maximum absolute atomic E-state index is 14.4. The maximum atomic E-state index is 14.4. The Morgan fingerprint density at radius 1 is 0.926 bits per heavy atom. The van der Waals surface area contributed by atoms with Crippen LogP contribution in [-0.2, 0) is 10.2 Å². The number of halogens is 6. The minimum atomic E-state index is -5.51. The molecule has 1 unspecified atom stereocenters. The van der Waals surface area contributed by atoms with E-state index in [0.29, 0.717) is 0 Å². The molecule has 4 nitrogen and oxygen atoms in total. The highest BCUT2D eigenvalue weighted by Gasteiger charge is 2.72. The van der Waals surface area contributed by atoms with Gasteiger partial charge in [0.05, 0.1) is 5.56 Å². The third-order valence-electron chi connectivity index (χ3n) is 4.42. The zero-order valence-corrected chi connectivity index (χ0v) is 13.8. The van der Waals surface area contributed by atoms with Crippen molar-refractivity contribution in [3.8, 4) is 0 Å². The van der Waals surface area contributed by atoms with Gasteiger partial charge in [0.25, 0.3) is 0 Å². The number of carbonyl (C=O) groups is 2. The zero-order chi connectivity index (χ0) is 20.9. The molecule has 0 amide bonds. The summed E-state index contributed by atoms with van der Waals surface area (Å²) >= 11 is 0. The van der Waals surface area contributed by atoms with Crippen LogP contribution in [0, 0.1) is 0 Å². The Balaban J connectivity index is 2.72. The number of aliphatic carboxylic acids is 1. The third kappa shape index (κ3) is 2.70. The first-order valence-corrected chi connectivity index (χ1v) is 7.31. The molecule has 0 fully saturated rings. The number of rotatable bonds is 4. The van der Waals surface area contributed by atoms with E-state index in [0.717, 1.165) is 38.1 Å². The van der Waals surface area contributed by atoms with Crippen LogP contribution in [0.25, 0.3) is 0 Å². The van der Waals surface area contributed by atoms with Gasteiger partial charge in [-0.1, -0.05) is 26.0 Å². The summed E-state index contributed by atoms with van der Waals surface area (Å²) < 4.78 is 85.0. The molecule has 27 heavy (non-hydrogen) atoms. The van der Waals surface area contributed by atoms with E-state index in [1.165, 1.54) is 0 Å². The molecule has 0 aliphatic heterocycles. The number of aromatic carboxylic acids is 1. The lowest BCUT2D eigenvalue weighted by atomic mass is 9.72. The number of carboxylic acid groups (broad SMARTS) is 2. The average molecular weight is 394 g/mol. The van der Waals surface area contributed by atoms with Gasteiger partial charge in [-0.25, -0.2) is 27.2 Å². The Kier molecular flexibility index (Phi) is 4.67. The van der Waals surface area contributed by atoms with Crippen LogP contribution in [0.5, 0.6) is 0 Å². The van der Waals surface area contributed by atoms with E-state index < -0.39 is 52.0 Å². The van der Waals surface area contributed by atoms with Gasteiger partial charge < -0.3 is 10.2 Å². The smallest absolute Gasteiger partial charge is 0.355 e. The topological polar surface area (TPSA) is 74.6 Å². The molecule has 146 valence electrons. The minimum absolute atomic E-state index is 0.0990. The van der Waals surface area contributed by atoms with Gasteiger partial charge >= 0.3 is 23.5 Å². The quantitative estimate of drug-likeness (QED) is 0.739. The van der Waals surface area contributed by atoms with Crippen molar-refractivity contribution >= 4 is 11.9 Å². The van der Waals surface area contributed by atoms with E-state index in [1.54, 1.807) is 0 Å². The van der Waals surface area contributed by atoms with Gasteiger partial charge in [-0.05, 0) is 17.7 Å². The van der Waals surface area contributed by atoms with Crippen molar-refractivity contribution in [2.75, 3.05) is 0 Å². The predicted octanol–water partition coefficient (Wildman–Crippen LogP) is 4.48. The molecule has 10 heteroatoms. The Morgan fingerprint density at radius 2 is 1.41 bits per heavy atom. The second-order valence-corrected chi connectivity index (χ2v) is 6.36. The number of hydrogen-bond acceptors (Lipinski definition) is 2. The fourth-order valence-corrected chi connectivity index (χ4v) is 2.75. The Hall–Kier alpha value is -2.78. The summed E-state index contributed by atoms with van der Waals surface area (Å²) in [6.07, 6.45) is 0. The molecule has 0 saturated carbocycles. The van der Waals surface area contributed by atoms with Crippen LogP contribution in [0.3, 0.4) is 0 Å². The fraction of sp³-hybridized carbons (Fsp3) is 0.294. The number of benzene rings is 1. The number of carboxylic acids is 2. The van der Waals surface area contributed by atoms with Crippen LogP contribution in [-0.4, -0.2) is 33.7 Å². The lowest BCUT2D eigenvalue weighted by molar-refractivity contribution is -0.176. The van der Waals surface area contributed by atoms with Gasteiger partial charge in [-0.15, -0.1) is 0 Å². The molecule has 2 N–H and O–H groups in total. The summed E-state index contributed by atoms with van der Waals surface area (Å²) in [7, 11) is 0. The van der Waals surface area contributed by atoms with E-state index in [4.69, 9.17) is 10.2 Å². The standard InChI is InChI=1S/C17H12F6O4/c1-15(2,8-5-3-7(4-6-8)13(24)25)9-10(18)12(20)16(21,14(26)27)17(22,23)11(9)19/h3-6H,1-2H3,(H,24,25)(H,26,27). The second-order valence-electron chi connectivity index (χ2n) is 6.36. The Morgan fingerprint density at radius 3 is 1.81 bits per heavy atom. The SMILES string of the molecule is CC(C)(C1=C(F)C(F)(F)C(F)(C(=O)O)C(F)=C1F)c1ccc(C(=O)O)cc1. The molecule has 2 rings (SSSR count). The van der Waals surface area contributed by atoms with Crippen LogP contribution in [0.15, 0.2) is 47.3 Å². The second kappa shape index (κ2) is 6.14. The number of allylic oxidation sites excluding steroid dienone is 3. The predicted molar refractivity (Wildman–Crippen MR) is 80.2 cm³/mol. The van der Waals surface area contributed by atoms with Crippen molar-refractivity contribution in [2.45, 2.75) is 30.9 Å². The van der Waals surface area contributed by atoms with Gasteiger partial charge in [-0.3, -0.25) is 0 Å². The first kappa shape index (κ1) is 20.5. The monoisotopic (exact) mass is 394 g/mol. The Bertz CT molecular complexity index is 885. The number of hydrogen-bond donors (Lipinski definition) is 2. The van der Waals surface area contributed by atoms with Crippen molar-refractivity contribution in [3.05, 3.63) is 58.4 Å². The summed E-state index contributed by atoms with van der Waals surface area (Å²) in [5.41, 5.74) is -9.13. The molecule has 1 aliphatic rings. The first-order valence-electron chi connectivity index (χ1n) is 7.31. The van der Waals surface area contributed by atoms with Crippen LogP contribution in [0.4, 0.5) is 26.3 Å². The summed E-state index contributed by atoms with van der Waals surface area (Å²) in [4.78, 5) is 21.6. The normalized spacial score (nSPS) is 22.8. The van der Waals surface area contributed by atoms with Crippen LogP contribution in [0.1, 0.15) is 29.8 Å². The molecule has 0 heterocycles. The summed E-state index contributed by atoms with van der Waals surface area (Å²) in [6.45, 7) is 2.01. The van der Waals surface area contributed by atoms with Gasteiger partial charge in [0.15, 0.2) is 17.5 Å². The van der Waals surface area contributed by atoms with Crippen molar-refractivity contribution in [1.29, 1.82) is 0 Å². The molecule has 0 saturated heterocycles. The highest BCUT2D eigenvalue weighted by atomic mass is 19.3. The van der Waals surface area contributed by atoms with Crippen LogP contribution < -0.4 is 0 Å². The van der Waals surface area contributed by atoms with Crippen molar-refractivity contribution in [2.24, 2.45) is 0 Å². The average Bonchev–Trinajstić information content (AvgIpc) is 2.58. The van der Waals surface area contributed by atoms with Gasteiger partial charge in [0.1, 0.15) is 0 Å². The van der Waals surface area contributed by atoms with Crippen molar-refractivity contribution < 1.29 is 46.1 Å². The Labute approximate surface area is 148 Å². The molecule has 0 spiro atoms. The van der Waals surface area contributed by atoms with Crippen molar-refractivity contribution in [1.82, 2.24) is 0 Å². The van der Waals surface area contributed by atoms with Gasteiger partial charge in [-0.2, -0.15) is 8.78 Å². The lowest BCUT2D eigenvalue weighted by Crippen LogP contribution is -2.55. The molecule has 1 aliphatic carbocycles. The molecular formula is C17H12F6O4. The van der Waals surface area contributed by atoms with Crippen LogP contribution in [0.2, 0.25) is 0 Å². The maximum Gasteiger partial charge on any atom is 0.355 e. The molecular weight excluding hydrogens is 382 g/mol. The summed E-state index contributed by atoms with van der Waals surface area (Å²) in [5, 5.41) is 17.4. The van der Waals surface area contributed by atoms with E-state index >= 15 is 0 Å². The highest BCUT2D eigenvalue weighted by Crippen LogP contribution is 2.55. The molecule has 0 radical (unpaired) electrons. The molecule has 1 atom stereocenters. The van der Waals surface area contributed by atoms with E-state index in [9.17, 15) is 35.9 Å². The van der Waals surface area contributed by atoms with E-state index in [-0.39, 0.29) is 11.1 Å².